The van der Waals surface area contributed by atoms with Gasteiger partial charge in [-0.3, -0.25) is 14.3 Å². The van der Waals surface area contributed by atoms with Crippen LogP contribution in [0.25, 0.3) is 0 Å². The fourth-order valence-electron chi connectivity index (χ4n) is 2.04. The molecule has 0 unspecified atom stereocenters. The van der Waals surface area contributed by atoms with Crippen LogP contribution in [0.2, 0.25) is 0 Å². The SMILES string of the molecule is CCOC(=O)CCNC(=O)CCc1c(C)nn(C)c1C. The van der Waals surface area contributed by atoms with Gasteiger partial charge in [0, 0.05) is 25.7 Å². The number of hydrogen-bond donors (Lipinski definition) is 1. The van der Waals surface area contributed by atoms with Gasteiger partial charge in [0.15, 0.2) is 0 Å². The molecule has 112 valence electrons. The van der Waals surface area contributed by atoms with Gasteiger partial charge in [-0.2, -0.15) is 5.10 Å². The zero-order valence-corrected chi connectivity index (χ0v) is 12.7. The van der Waals surface area contributed by atoms with E-state index in [1.165, 1.54) is 0 Å². The molecular formula is C14H23N3O3. The van der Waals surface area contributed by atoms with Crippen LogP contribution in [-0.4, -0.2) is 34.8 Å². The lowest BCUT2D eigenvalue weighted by atomic mass is 10.1. The van der Waals surface area contributed by atoms with E-state index in [-0.39, 0.29) is 18.3 Å². The minimum atomic E-state index is -0.285. The first-order valence-corrected chi connectivity index (χ1v) is 6.87. The fourth-order valence-corrected chi connectivity index (χ4v) is 2.04. The van der Waals surface area contributed by atoms with Crippen LogP contribution in [0, 0.1) is 13.8 Å². The van der Waals surface area contributed by atoms with Crippen LogP contribution in [0.1, 0.15) is 36.7 Å². The maximum atomic E-state index is 11.7. The summed E-state index contributed by atoms with van der Waals surface area (Å²) in [7, 11) is 1.89. The van der Waals surface area contributed by atoms with Gasteiger partial charge in [-0.25, -0.2) is 0 Å². The van der Waals surface area contributed by atoms with Gasteiger partial charge < -0.3 is 10.1 Å². The number of aromatic nitrogens is 2. The van der Waals surface area contributed by atoms with Gasteiger partial charge >= 0.3 is 5.97 Å². The van der Waals surface area contributed by atoms with E-state index in [2.05, 4.69) is 10.4 Å². The number of carbonyl (C=O) groups is 2. The van der Waals surface area contributed by atoms with Crippen molar-refractivity contribution in [2.24, 2.45) is 7.05 Å². The highest BCUT2D eigenvalue weighted by Gasteiger charge is 2.11. The molecule has 1 N–H and O–H groups in total. The van der Waals surface area contributed by atoms with Gasteiger partial charge in [0.05, 0.1) is 18.7 Å². The molecule has 0 atom stereocenters. The summed E-state index contributed by atoms with van der Waals surface area (Å²) < 4.78 is 6.61. The van der Waals surface area contributed by atoms with Crippen LogP contribution >= 0.6 is 0 Å². The van der Waals surface area contributed by atoms with Gasteiger partial charge in [-0.1, -0.05) is 0 Å². The Labute approximate surface area is 119 Å². The Bertz CT molecular complexity index is 480. The lowest BCUT2D eigenvalue weighted by Crippen LogP contribution is -2.26. The maximum Gasteiger partial charge on any atom is 0.307 e. The minimum absolute atomic E-state index is 0.0584. The number of ether oxygens (including phenoxy) is 1. The monoisotopic (exact) mass is 281 g/mol. The molecule has 0 aliphatic rings. The number of rotatable bonds is 7. The molecule has 0 radical (unpaired) electrons. The van der Waals surface area contributed by atoms with Crippen LogP contribution in [0.3, 0.4) is 0 Å². The smallest absolute Gasteiger partial charge is 0.307 e. The molecule has 0 bridgehead atoms. The average molecular weight is 281 g/mol. The summed E-state index contributed by atoms with van der Waals surface area (Å²) in [6.45, 7) is 6.39. The highest BCUT2D eigenvalue weighted by Crippen LogP contribution is 2.13. The highest BCUT2D eigenvalue weighted by atomic mass is 16.5. The quantitative estimate of drug-likeness (QED) is 0.758. The standard InChI is InChI=1S/C14H23N3O3/c1-5-20-14(19)8-9-15-13(18)7-6-12-10(2)16-17(4)11(12)3/h5-9H2,1-4H3,(H,15,18). The molecular weight excluding hydrogens is 258 g/mol. The molecule has 0 aromatic carbocycles. The number of esters is 1. The topological polar surface area (TPSA) is 73.2 Å². The summed E-state index contributed by atoms with van der Waals surface area (Å²) in [5, 5.41) is 7.04. The Balaban J connectivity index is 2.31. The summed E-state index contributed by atoms with van der Waals surface area (Å²) in [4.78, 5) is 22.8. The van der Waals surface area contributed by atoms with Gasteiger partial charge in [0.25, 0.3) is 0 Å². The lowest BCUT2D eigenvalue weighted by Gasteiger charge is -2.05. The van der Waals surface area contributed by atoms with Crippen molar-refractivity contribution in [2.75, 3.05) is 13.2 Å². The Hall–Kier alpha value is -1.85. The van der Waals surface area contributed by atoms with Crippen molar-refractivity contribution in [1.29, 1.82) is 0 Å². The van der Waals surface area contributed by atoms with Crippen molar-refractivity contribution in [1.82, 2.24) is 15.1 Å². The molecule has 1 aromatic rings. The Morgan fingerprint density at radius 2 is 2.00 bits per heavy atom. The summed E-state index contributed by atoms with van der Waals surface area (Å²) >= 11 is 0. The van der Waals surface area contributed by atoms with Crippen molar-refractivity contribution >= 4 is 11.9 Å². The van der Waals surface area contributed by atoms with E-state index in [0.29, 0.717) is 26.0 Å². The predicted octanol–water partition coefficient (Wildman–Crippen LogP) is 1.04. The molecule has 0 saturated carbocycles. The first-order valence-electron chi connectivity index (χ1n) is 6.87. The van der Waals surface area contributed by atoms with Gasteiger partial charge in [0.1, 0.15) is 0 Å². The normalized spacial score (nSPS) is 10.4. The first kappa shape index (κ1) is 16.2. The molecule has 1 heterocycles. The van der Waals surface area contributed by atoms with Crippen molar-refractivity contribution in [2.45, 2.75) is 40.0 Å². The lowest BCUT2D eigenvalue weighted by molar-refractivity contribution is -0.143. The van der Waals surface area contributed by atoms with Crippen molar-refractivity contribution in [3.05, 3.63) is 17.0 Å². The van der Waals surface area contributed by atoms with Crippen LogP contribution in [-0.2, 0) is 27.8 Å². The summed E-state index contributed by atoms with van der Waals surface area (Å²) in [6.07, 6.45) is 1.28. The number of amides is 1. The third-order valence-corrected chi connectivity index (χ3v) is 3.22. The Kier molecular flexibility index (Phi) is 6.21. The van der Waals surface area contributed by atoms with E-state index in [0.717, 1.165) is 17.0 Å². The number of carbonyl (C=O) groups excluding carboxylic acids is 2. The number of nitrogens with zero attached hydrogens (tertiary/aromatic N) is 2. The fraction of sp³-hybridized carbons (Fsp3) is 0.643. The third kappa shape index (κ3) is 4.68. The molecule has 6 nitrogen and oxygen atoms in total. The van der Waals surface area contributed by atoms with Crippen LogP contribution in [0.15, 0.2) is 0 Å². The van der Waals surface area contributed by atoms with E-state index in [9.17, 15) is 9.59 Å². The van der Waals surface area contributed by atoms with Crippen molar-refractivity contribution in [3.63, 3.8) is 0 Å². The molecule has 6 heteroatoms. The van der Waals surface area contributed by atoms with E-state index in [1.807, 2.05) is 25.6 Å². The average Bonchev–Trinajstić information content (AvgIpc) is 2.61. The van der Waals surface area contributed by atoms with E-state index in [4.69, 9.17) is 4.74 Å². The second-order valence-electron chi connectivity index (χ2n) is 4.68. The number of hydrogen-bond acceptors (Lipinski definition) is 4. The maximum absolute atomic E-state index is 11.7. The first-order chi connectivity index (χ1) is 9.45. The highest BCUT2D eigenvalue weighted by molar-refractivity contribution is 5.77. The van der Waals surface area contributed by atoms with E-state index in [1.54, 1.807) is 6.92 Å². The number of aryl methyl sites for hydroxylation is 2. The van der Waals surface area contributed by atoms with Crippen LogP contribution < -0.4 is 5.32 Å². The molecule has 1 aromatic heterocycles. The van der Waals surface area contributed by atoms with Gasteiger partial charge in [0.2, 0.25) is 5.91 Å². The van der Waals surface area contributed by atoms with Crippen LogP contribution in [0.4, 0.5) is 0 Å². The summed E-state index contributed by atoms with van der Waals surface area (Å²) in [5.41, 5.74) is 3.17. The molecule has 1 amide bonds. The molecule has 0 aliphatic carbocycles. The summed E-state index contributed by atoms with van der Waals surface area (Å²) in [6, 6.07) is 0. The molecule has 0 spiro atoms. The summed E-state index contributed by atoms with van der Waals surface area (Å²) in [5.74, 6) is -0.344. The predicted molar refractivity (Wildman–Crippen MR) is 75.3 cm³/mol. The van der Waals surface area contributed by atoms with Gasteiger partial charge in [-0.05, 0) is 32.8 Å². The number of nitrogens with one attached hydrogen (secondary N) is 1. The third-order valence-electron chi connectivity index (χ3n) is 3.22. The zero-order valence-electron chi connectivity index (χ0n) is 12.7. The van der Waals surface area contributed by atoms with Gasteiger partial charge in [-0.15, -0.1) is 0 Å². The van der Waals surface area contributed by atoms with Crippen molar-refractivity contribution < 1.29 is 14.3 Å². The molecule has 20 heavy (non-hydrogen) atoms. The van der Waals surface area contributed by atoms with E-state index < -0.39 is 0 Å². The molecule has 0 fully saturated rings. The Morgan fingerprint density at radius 3 is 2.55 bits per heavy atom. The van der Waals surface area contributed by atoms with Crippen molar-refractivity contribution in [3.8, 4) is 0 Å². The zero-order chi connectivity index (χ0) is 15.1. The molecule has 1 rings (SSSR count). The second-order valence-corrected chi connectivity index (χ2v) is 4.68. The molecule has 0 aliphatic heterocycles. The molecule has 0 saturated heterocycles. The largest absolute Gasteiger partial charge is 0.466 e. The minimum Gasteiger partial charge on any atom is -0.466 e. The Morgan fingerprint density at radius 1 is 1.30 bits per heavy atom. The van der Waals surface area contributed by atoms with E-state index >= 15 is 0 Å². The second kappa shape index (κ2) is 7.67. The van der Waals surface area contributed by atoms with Crippen LogP contribution in [0.5, 0.6) is 0 Å².